The third-order valence-electron chi connectivity index (χ3n) is 3.95. The van der Waals surface area contributed by atoms with Gasteiger partial charge in [-0.2, -0.15) is 0 Å². The maximum Gasteiger partial charge on any atom is 0.341 e. The Morgan fingerprint density at radius 2 is 1.36 bits per heavy atom. The molecule has 1 aromatic heterocycles. The Labute approximate surface area is 162 Å². The molecule has 0 spiro atoms. The van der Waals surface area contributed by atoms with E-state index in [-0.39, 0.29) is 16.5 Å². The summed E-state index contributed by atoms with van der Waals surface area (Å²) in [6, 6.07) is 26.1. The number of hydrogen-bond donors (Lipinski definition) is 1. The summed E-state index contributed by atoms with van der Waals surface area (Å²) in [5.41, 5.74) is 1.17. The molecule has 0 radical (unpaired) electrons. The van der Waals surface area contributed by atoms with E-state index >= 15 is 0 Å². The van der Waals surface area contributed by atoms with Crippen LogP contribution in [-0.4, -0.2) is 13.6 Å². The number of nitrogens with zero attached hydrogens (tertiary/aromatic N) is 1. The van der Waals surface area contributed by atoms with E-state index < -0.39 is 10.0 Å². The molecule has 0 bridgehead atoms. The van der Waals surface area contributed by atoms with Crippen molar-refractivity contribution < 1.29 is 17.7 Å². The minimum Gasteiger partial charge on any atom is -0.423 e. The van der Waals surface area contributed by atoms with Gasteiger partial charge in [0.15, 0.2) is 5.69 Å². The molecule has 4 rings (SSSR count). The van der Waals surface area contributed by atoms with Crippen LogP contribution in [0.25, 0.3) is 11.3 Å². The number of anilines is 1. The molecule has 0 aliphatic heterocycles. The van der Waals surface area contributed by atoms with Crippen LogP contribution in [0.4, 0.5) is 5.69 Å². The van der Waals surface area contributed by atoms with Crippen LogP contribution < -0.4 is 9.46 Å². The fourth-order valence-electron chi connectivity index (χ4n) is 2.62. The number of nitrogens with one attached hydrogen (secondary N) is 1. The zero-order valence-electron chi connectivity index (χ0n) is 14.6. The summed E-state index contributed by atoms with van der Waals surface area (Å²) in [6.07, 6.45) is 0. The Hall–Kier alpha value is -3.58. The minimum atomic E-state index is -3.86. The molecule has 0 saturated carbocycles. The smallest absolute Gasteiger partial charge is 0.341 e. The molecule has 0 fully saturated rings. The summed E-state index contributed by atoms with van der Waals surface area (Å²) in [5.74, 6) is 0.461. The molecule has 1 N–H and O–H groups in total. The Morgan fingerprint density at radius 1 is 0.786 bits per heavy atom. The molecule has 0 unspecified atom stereocenters. The fraction of sp³-hybridized carbons (Fsp3) is 0. The van der Waals surface area contributed by atoms with Gasteiger partial charge < -0.3 is 9.26 Å². The topological polar surface area (TPSA) is 81.4 Å². The van der Waals surface area contributed by atoms with E-state index in [0.717, 1.165) is 0 Å². The van der Waals surface area contributed by atoms with Crippen LogP contribution in [-0.2, 0) is 10.0 Å². The maximum absolute atomic E-state index is 12.9. The van der Waals surface area contributed by atoms with Gasteiger partial charge in [-0.15, -0.1) is 0 Å². The molecule has 0 aliphatic carbocycles. The lowest BCUT2D eigenvalue weighted by Crippen LogP contribution is -2.13. The summed E-state index contributed by atoms with van der Waals surface area (Å²) in [7, 11) is -3.86. The van der Waals surface area contributed by atoms with Crippen LogP contribution in [0.1, 0.15) is 0 Å². The van der Waals surface area contributed by atoms with Crippen molar-refractivity contribution in [2.24, 2.45) is 0 Å². The van der Waals surface area contributed by atoms with Gasteiger partial charge in [0.2, 0.25) is 0 Å². The van der Waals surface area contributed by atoms with E-state index in [1.807, 2.05) is 36.4 Å². The first-order chi connectivity index (χ1) is 13.6. The second-order valence-electron chi connectivity index (χ2n) is 5.89. The van der Waals surface area contributed by atoms with Gasteiger partial charge >= 0.3 is 5.95 Å². The third kappa shape index (κ3) is 3.74. The van der Waals surface area contributed by atoms with Crippen molar-refractivity contribution in [3.8, 4) is 23.0 Å². The van der Waals surface area contributed by atoms with E-state index in [2.05, 4.69) is 9.88 Å². The minimum absolute atomic E-state index is 0.0374. The van der Waals surface area contributed by atoms with Gasteiger partial charge in [0.25, 0.3) is 10.0 Å². The number of hydrogen-bond acceptors (Lipinski definition) is 5. The first kappa shape index (κ1) is 17.8. The molecule has 0 aliphatic rings. The van der Waals surface area contributed by atoms with Crippen molar-refractivity contribution in [2.75, 3.05) is 4.72 Å². The number of benzene rings is 3. The molecular formula is C21H16N2O4S. The zero-order chi connectivity index (χ0) is 19.4. The van der Waals surface area contributed by atoms with Gasteiger partial charge in [0, 0.05) is 5.56 Å². The molecular weight excluding hydrogens is 376 g/mol. The van der Waals surface area contributed by atoms with Gasteiger partial charge in [0.05, 0.1) is 4.90 Å². The highest BCUT2D eigenvalue weighted by molar-refractivity contribution is 7.92. The summed E-state index contributed by atoms with van der Waals surface area (Å²) in [4.78, 5) is 0.126. The van der Waals surface area contributed by atoms with E-state index in [1.165, 1.54) is 12.1 Å². The molecule has 4 aromatic rings. The zero-order valence-corrected chi connectivity index (χ0v) is 15.5. The molecule has 0 saturated heterocycles. The molecule has 28 heavy (non-hydrogen) atoms. The predicted octanol–water partition coefficient (Wildman–Crippen LogP) is 4.93. The van der Waals surface area contributed by atoms with Crippen LogP contribution in [0, 0.1) is 0 Å². The largest absolute Gasteiger partial charge is 0.423 e. The highest BCUT2D eigenvalue weighted by atomic mass is 32.2. The number of ether oxygens (including phenoxy) is 1. The second kappa shape index (κ2) is 7.58. The Morgan fingerprint density at radius 3 is 2.00 bits per heavy atom. The Bertz CT molecular complexity index is 1160. The summed E-state index contributed by atoms with van der Waals surface area (Å²) in [6.45, 7) is 0. The first-order valence-corrected chi connectivity index (χ1v) is 9.98. The molecule has 3 aromatic carbocycles. The van der Waals surface area contributed by atoms with Crippen molar-refractivity contribution in [3.05, 3.63) is 91.0 Å². The lowest BCUT2D eigenvalue weighted by Gasteiger charge is -2.09. The monoisotopic (exact) mass is 392 g/mol. The normalized spacial score (nSPS) is 11.1. The van der Waals surface area contributed by atoms with Gasteiger partial charge in [-0.05, 0) is 24.3 Å². The number of sulfonamides is 1. The molecule has 0 atom stereocenters. The SMILES string of the molecule is O=S(=O)(Nc1c(-c2ccccc2)noc1Oc1ccccc1)c1ccccc1. The van der Waals surface area contributed by atoms with Crippen molar-refractivity contribution in [3.63, 3.8) is 0 Å². The number of para-hydroxylation sites is 1. The van der Waals surface area contributed by atoms with Crippen molar-refractivity contribution in [1.29, 1.82) is 0 Å². The van der Waals surface area contributed by atoms with Crippen LogP contribution in [0.15, 0.2) is 100 Å². The number of aromatic nitrogens is 1. The van der Waals surface area contributed by atoms with Gasteiger partial charge in [-0.1, -0.05) is 71.9 Å². The second-order valence-corrected chi connectivity index (χ2v) is 7.58. The Kier molecular flexibility index (Phi) is 4.82. The molecule has 7 heteroatoms. The van der Waals surface area contributed by atoms with Crippen LogP contribution in [0.5, 0.6) is 11.7 Å². The van der Waals surface area contributed by atoms with Gasteiger partial charge in [-0.3, -0.25) is 4.72 Å². The molecule has 140 valence electrons. The van der Waals surface area contributed by atoms with Crippen molar-refractivity contribution in [1.82, 2.24) is 5.16 Å². The summed E-state index contributed by atoms with van der Waals surface area (Å²) < 4.78 is 39.3. The average molecular weight is 392 g/mol. The third-order valence-corrected chi connectivity index (χ3v) is 5.32. The average Bonchev–Trinajstić information content (AvgIpc) is 3.11. The van der Waals surface area contributed by atoms with E-state index in [4.69, 9.17) is 9.26 Å². The molecule has 6 nitrogen and oxygen atoms in total. The lowest BCUT2D eigenvalue weighted by molar-refractivity contribution is 0.292. The first-order valence-electron chi connectivity index (χ1n) is 8.49. The lowest BCUT2D eigenvalue weighted by atomic mass is 10.1. The maximum atomic E-state index is 12.9. The van der Waals surface area contributed by atoms with Crippen LogP contribution in [0.3, 0.4) is 0 Å². The van der Waals surface area contributed by atoms with Gasteiger partial charge in [-0.25, -0.2) is 8.42 Å². The van der Waals surface area contributed by atoms with Gasteiger partial charge in [0.1, 0.15) is 11.4 Å². The fourth-order valence-corrected chi connectivity index (χ4v) is 3.70. The summed E-state index contributed by atoms with van der Waals surface area (Å²) >= 11 is 0. The Balaban J connectivity index is 1.77. The van der Waals surface area contributed by atoms with E-state index in [9.17, 15) is 8.42 Å². The van der Waals surface area contributed by atoms with Crippen molar-refractivity contribution >= 4 is 15.7 Å². The predicted molar refractivity (Wildman–Crippen MR) is 106 cm³/mol. The van der Waals surface area contributed by atoms with Crippen molar-refractivity contribution in [2.45, 2.75) is 4.90 Å². The van der Waals surface area contributed by atoms with Crippen LogP contribution >= 0.6 is 0 Å². The highest BCUT2D eigenvalue weighted by Gasteiger charge is 2.25. The standard InChI is InChI=1S/C21H16N2O4S/c24-28(25,18-14-8-3-9-15-18)23-20-19(16-10-4-1-5-11-16)22-27-21(20)26-17-12-6-2-7-13-17/h1-15,23H. The number of rotatable bonds is 6. The summed E-state index contributed by atoms with van der Waals surface area (Å²) in [5, 5.41) is 4.03. The quantitative estimate of drug-likeness (QED) is 0.503. The molecule has 1 heterocycles. The highest BCUT2D eigenvalue weighted by Crippen LogP contribution is 2.39. The van der Waals surface area contributed by atoms with E-state index in [1.54, 1.807) is 42.5 Å². The van der Waals surface area contributed by atoms with E-state index in [0.29, 0.717) is 17.0 Å². The van der Waals surface area contributed by atoms with Crippen LogP contribution in [0.2, 0.25) is 0 Å². The molecule has 0 amide bonds.